The van der Waals surface area contributed by atoms with E-state index in [1.165, 1.54) is 22.2 Å². The molecule has 1 fully saturated rings. The van der Waals surface area contributed by atoms with Gasteiger partial charge in [-0.3, -0.25) is 19.0 Å². The van der Waals surface area contributed by atoms with Crippen molar-refractivity contribution in [3.8, 4) is 5.75 Å². The Balaban J connectivity index is 1.45. The molecule has 1 aliphatic rings. The first-order chi connectivity index (χ1) is 16.0. The van der Waals surface area contributed by atoms with Crippen molar-refractivity contribution in [1.29, 1.82) is 0 Å². The van der Waals surface area contributed by atoms with E-state index in [9.17, 15) is 14.4 Å². The van der Waals surface area contributed by atoms with E-state index in [1.54, 1.807) is 14.2 Å². The van der Waals surface area contributed by atoms with Crippen LogP contribution in [0.2, 0.25) is 0 Å². The zero-order valence-electron chi connectivity index (χ0n) is 18.5. The molecule has 2 N–H and O–H groups in total. The van der Waals surface area contributed by atoms with E-state index in [4.69, 9.17) is 4.74 Å². The number of benzene rings is 1. The number of anilines is 1. The van der Waals surface area contributed by atoms with Crippen LogP contribution in [0.1, 0.15) is 18.4 Å². The molecule has 3 aromatic rings. The molecule has 10 nitrogen and oxygen atoms in total. The third kappa shape index (κ3) is 5.14. The molecule has 1 saturated heterocycles. The minimum absolute atomic E-state index is 0.0150. The van der Waals surface area contributed by atoms with Gasteiger partial charge >= 0.3 is 0 Å². The maximum Gasteiger partial charge on any atom is 0.273 e. The quantitative estimate of drug-likeness (QED) is 0.532. The van der Waals surface area contributed by atoms with Gasteiger partial charge in [-0.2, -0.15) is 4.98 Å². The van der Waals surface area contributed by atoms with Crippen LogP contribution in [0.3, 0.4) is 0 Å². The predicted molar refractivity (Wildman–Crippen MR) is 126 cm³/mol. The van der Waals surface area contributed by atoms with Gasteiger partial charge in [-0.15, -0.1) is 0 Å². The standard InChI is InChI=1S/C22H26N6O4S/c1-23-20(30)15-6-4-8-27(11-15)22-26-19-18(33-22)21(31)28(13-25-19)12-17(29)24-10-14-5-3-7-16(9-14)32-2/h3,5,7,9,13,15H,4,6,8,10-12H2,1-2H3,(H,23,30)(H,24,29)/t15-/m1/s1. The summed E-state index contributed by atoms with van der Waals surface area (Å²) in [4.78, 5) is 48.2. The van der Waals surface area contributed by atoms with E-state index >= 15 is 0 Å². The Hall–Kier alpha value is -3.47. The van der Waals surface area contributed by atoms with Gasteiger partial charge in [0.15, 0.2) is 10.8 Å². The van der Waals surface area contributed by atoms with Crippen molar-refractivity contribution in [2.45, 2.75) is 25.9 Å². The molecule has 0 aliphatic carbocycles. The van der Waals surface area contributed by atoms with E-state index in [0.29, 0.717) is 34.3 Å². The summed E-state index contributed by atoms with van der Waals surface area (Å²) in [6, 6.07) is 7.41. The number of rotatable bonds is 7. The van der Waals surface area contributed by atoms with Gasteiger partial charge in [0.25, 0.3) is 5.56 Å². The van der Waals surface area contributed by atoms with Crippen molar-refractivity contribution in [2.75, 3.05) is 32.1 Å². The maximum absolute atomic E-state index is 13.0. The second kappa shape index (κ2) is 9.99. The van der Waals surface area contributed by atoms with Crippen molar-refractivity contribution in [1.82, 2.24) is 25.2 Å². The lowest BCUT2D eigenvalue weighted by Crippen LogP contribution is -2.42. The van der Waals surface area contributed by atoms with Crippen LogP contribution in [0.4, 0.5) is 5.13 Å². The van der Waals surface area contributed by atoms with Gasteiger partial charge in [0.2, 0.25) is 11.8 Å². The van der Waals surface area contributed by atoms with Crippen LogP contribution in [-0.4, -0.2) is 53.6 Å². The molecule has 1 atom stereocenters. The third-order valence-corrected chi connectivity index (χ3v) is 6.71. The summed E-state index contributed by atoms with van der Waals surface area (Å²) in [7, 11) is 3.22. The first kappa shape index (κ1) is 22.7. The number of fused-ring (bicyclic) bond motifs is 1. The van der Waals surface area contributed by atoms with Gasteiger partial charge in [-0.25, -0.2) is 4.98 Å². The number of thiazole rings is 1. The summed E-state index contributed by atoms with van der Waals surface area (Å²) in [5.74, 6) is 0.328. The number of nitrogens with one attached hydrogen (secondary N) is 2. The number of amides is 2. The number of carbonyl (C=O) groups excluding carboxylic acids is 2. The molecule has 33 heavy (non-hydrogen) atoms. The highest BCUT2D eigenvalue weighted by Gasteiger charge is 2.27. The Labute approximate surface area is 194 Å². The summed E-state index contributed by atoms with van der Waals surface area (Å²) < 4.78 is 6.87. The number of piperidine rings is 1. The Kier molecular flexibility index (Phi) is 6.87. The smallest absolute Gasteiger partial charge is 0.273 e. The van der Waals surface area contributed by atoms with E-state index in [0.717, 1.165) is 24.9 Å². The molecule has 0 saturated carbocycles. The molecular formula is C22H26N6O4S. The molecular weight excluding hydrogens is 444 g/mol. The van der Waals surface area contributed by atoms with Crippen molar-refractivity contribution in [2.24, 2.45) is 5.92 Å². The van der Waals surface area contributed by atoms with Crippen LogP contribution >= 0.6 is 11.3 Å². The summed E-state index contributed by atoms with van der Waals surface area (Å²) in [6.45, 7) is 1.52. The molecule has 174 valence electrons. The van der Waals surface area contributed by atoms with E-state index in [-0.39, 0.29) is 29.8 Å². The first-order valence-electron chi connectivity index (χ1n) is 10.7. The number of carbonyl (C=O) groups is 2. The van der Waals surface area contributed by atoms with Gasteiger partial charge in [-0.1, -0.05) is 23.5 Å². The lowest BCUT2D eigenvalue weighted by atomic mass is 9.98. The molecule has 4 rings (SSSR count). The Morgan fingerprint density at radius 1 is 1.33 bits per heavy atom. The van der Waals surface area contributed by atoms with Crippen molar-refractivity contribution >= 4 is 38.6 Å². The van der Waals surface area contributed by atoms with Crippen LogP contribution in [0.15, 0.2) is 35.4 Å². The van der Waals surface area contributed by atoms with E-state index < -0.39 is 0 Å². The molecule has 11 heteroatoms. The maximum atomic E-state index is 13.0. The van der Waals surface area contributed by atoms with Crippen LogP contribution in [0.5, 0.6) is 5.75 Å². The minimum Gasteiger partial charge on any atom is -0.497 e. The molecule has 1 aliphatic heterocycles. The normalized spacial score (nSPS) is 15.9. The number of nitrogens with zero attached hydrogens (tertiary/aromatic N) is 4. The van der Waals surface area contributed by atoms with Gasteiger partial charge in [0, 0.05) is 26.7 Å². The summed E-state index contributed by atoms with van der Waals surface area (Å²) in [5.41, 5.74) is 0.947. The Morgan fingerprint density at radius 3 is 2.97 bits per heavy atom. The number of hydrogen-bond donors (Lipinski definition) is 2. The second-order valence-electron chi connectivity index (χ2n) is 7.85. The number of ether oxygens (including phenoxy) is 1. The van der Waals surface area contributed by atoms with Crippen LogP contribution in [-0.2, 0) is 22.7 Å². The molecule has 1 aromatic carbocycles. The lowest BCUT2D eigenvalue weighted by Gasteiger charge is -2.31. The second-order valence-corrected chi connectivity index (χ2v) is 8.83. The van der Waals surface area contributed by atoms with Crippen molar-refractivity contribution in [3.05, 3.63) is 46.5 Å². The number of methoxy groups -OCH3 is 1. The largest absolute Gasteiger partial charge is 0.497 e. The summed E-state index contributed by atoms with van der Waals surface area (Å²) >= 11 is 1.25. The van der Waals surface area contributed by atoms with Gasteiger partial charge in [0.05, 0.1) is 13.0 Å². The first-order valence-corrected chi connectivity index (χ1v) is 11.5. The van der Waals surface area contributed by atoms with Crippen LogP contribution in [0, 0.1) is 5.92 Å². The topological polar surface area (TPSA) is 118 Å². The fourth-order valence-corrected chi connectivity index (χ4v) is 4.85. The highest BCUT2D eigenvalue weighted by molar-refractivity contribution is 7.22. The molecule has 2 amide bonds. The third-order valence-electron chi connectivity index (χ3n) is 5.62. The monoisotopic (exact) mass is 470 g/mol. The summed E-state index contributed by atoms with van der Waals surface area (Å²) in [6.07, 6.45) is 3.05. The SMILES string of the molecule is CNC(=O)[C@@H]1CCCN(c2nc3ncn(CC(=O)NCc4cccc(OC)c4)c(=O)c3s2)C1. The molecule has 3 heterocycles. The highest BCUT2D eigenvalue weighted by Crippen LogP contribution is 2.29. The number of aromatic nitrogens is 3. The Bertz CT molecular complexity index is 1220. The van der Waals surface area contributed by atoms with Gasteiger partial charge in [-0.05, 0) is 30.5 Å². The zero-order valence-corrected chi connectivity index (χ0v) is 19.4. The van der Waals surface area contributed by atoms with Crippen molar-refractivity contribution in [3.63, 3.8) is 0 Å². The van der Waals surface area contributed by atoms with Crippen LogP contribution < -0.4 is 25.8 Å². The average molecular weight is 471 g/mol. The minimum atomic E-state index is -0.305. The molecule has 0 bridgehead atoms. The lowest BCUT2D eigenvalue weighted by molar-refractivity contribution is -0.124. The van der Waals surface area contributed by atoms with E-state index in [2.05, 4.69) is 20.6 Å². The number of hydrogen-bond acceptors (Lipinski definition) is 8. The zero-order chi connectivity index (χ0) is 23.4. The molecule has 0 unspecified atom stereocenters. The Morgan fingerprint density at radius 2 is 2.18 bits per heavy atom. The fourth-order valence-electron chi connectivity index (χ4n) is 3.85. The predicted octanol–water partition coefficient (Wildman–Crippen LogP) is 1.14. The van der Waals surface area contributed by atoms with Crippen LogP contribution in [0.25, 0.3) is 10.3 Å². The highest BCUT2D eigenvalue weighted by atomic mass is 32.1. The average Bonchev–Trinajstić information content (AvgIpc) is 3.29. The fraction of sp³-hybridized carbons (Fsp3) is 0.409. The van der Waals surface area contributed by atoms with Gasteiger partial charge in [0.1, 0.15) is 23.3 Å². The van der Waals surface area contributed by atoms with E-state index in [1.807, 2.05) is 29.2 Å². The van der Waals surface area contributed by atoms with Gasteiger partial charge < -0.3 is 20.3 Å². The summed E-state index contributed by atoms with van der Waals surface area (Å²) in [5, 5.41) is 6.18. The molecule has 0 spiro atoms. The van der Waals surface area contributed by atoms with Crippen molar-refractivity contribution < 1.29 is 14.3 Å². The molecule has 0 radical (unpaired) electrons. The molecule has 2 aromatic heterocycles.